The smallest absolute Gasteiger partial charge is 0.213 e. The molecule has 5 nitrogen and oxygen atoms in total. The summed E-state index contributed by atoms with van der Waals surface area (Å²) >= 11 is 0. The fraction of sp³-hybridized carbons (Fsp3) is 0.500. The van der Waals surface area contributed by atoms with E-state index in [1.165, 1.54) is 0 Å². The monoisotopic (exact) mass is 289 g/mol. The van der Waals surface area contributed by atoms with Crippen molar-refractivity contribution in [3.05, 3.63) is 41.9 Å². The number of aliphatic hydroxyl groups is 1. The van der Waals surface area contributed by atoms with E-state index < -0.39 is 6.10 Å². The molecule has 0 amide bonds. The quantitative estimate of drug-likeness (QED) is 0.851. The lowest BCUT2D eigenvalue weighted by molar-refractivity contribution is 0.171. The van der Waals surface area contributed by atoms with Crippen molar-refractivity contribution in [2.45, 2.75) is 45.3 Å². The Morgan fingerprint density at radius 1 is 1.24 bits per heavy atom. The summed E-state index contributed by atoms with van der Waals surface area (Å²) in [6.45, 7) is 4.31. The van der Waals surface area contributed by atoms with Gasteiger partial charge in [0.15, 0.2) is 0 Å². The molecule has 114 valence electrons. The maximum Gasteiger partial charge on any atom is 0.213 e. The van der Waals surface area contributed by atoms with E-state index in [1.54, 1.807) is 19.2 Å². The Balaban J connectivity index is 2.07. The van der Waals surface area contributed by atoms with Crippen LogP contribution in [0.4, 0.5) is 0 Å². The highest BCUT2D eigenvalue weighted by molar-refractivity contribution is 5.18. The van der Waals surface area contributed by atoms with Gasteiger partial charge in [0, 0.05) is 18.7 Å². The molecule has 2 rings (SSSR count). The summed E-state index contributed by atoms with van der Waals surface area (Å²) < 4.78 is 7.07. The van der Waals surface area contributed by atoms with Gasteiger partial charge >= 0.3 is 0 Å². The Morgan fingerprint density at radius 2 is 2.00 bits per heavy atom. The first-order chi connectivity index (χ1) is 10.2. The molecule has 5 heteroatoms. The Morgan fingerprint density at radius 3 is 2.67 bits per heavy atom. The lowest BCUT2D eigenvalue weighted by atomic mass is 10.1. The van der Waals surface area contributed by atoms with Crippen LogP contribution in [0.1, 0.15) is 50.2 Å². The third-order valence-electron chi connectivity index (χ3n) is 3.68. The highest BCUT2D eigenvalue weighted by atomic mass is 16.5. The van der Waals surface area contributed by atoms with Crippen LogP contribution < -0.4 is 4.74 Å². The minimum Gasteiger partial charge on any atom is -0.481 e. The maximum atomic E-state index is 10.3. The van der Waals surface area contributed by atoms with Crippen molar-refractivity contribution in [3.63, 3.8) is 0 Å². The van der Waals surface area contributed by atoms with Gasteiger partial charge in [-0.15, -0.1) is 0 Å². The molecule has 0 radical (unpaired) electrons. The maximum absolute atomic E-state index is 10.3. The number of rotatable bonds is 7. The number of aliphatic hydroxyl groups excluding tert-OH is 1. The van der Waals surface area contributed by atoms with Crippen LogP contribution >= 0.6 is 0 Å². The average Bonchev–Trinajstić information content (AvgIpc) is 2.97. The zero-order valence-corrected chi connectivity index (χ0v) is 12.9. The Hall–Kier alpha value is -1.88. The molecule has 1 N–H and O–H groups in total. The molecule has 0 bridgehead atoms. The molecule has 21 heavy (non-hydrogen) atoms. The summed E-state index contributed by atoms with van der Waals surface area (Å²) in [6.07, 6.45) is 3.87. The van der Waals surface area contributed by atoms with Gasteiger partial charge in [-0.05, 0) is 25.0 Å². The molecule has 2 aromatic rings. The molecule has 2 aromatic heterocycles. The summed E-state index contributed by atoms with van der Waals surface area (Å²) in [4.78, 5) is 4.25. The van der Waals surface area contributed by atoms with Crippen LogP contribution in [0.5, 0.6) is 5.88 Å². The van der Waals surface area contributed by atoms with E-state index in [9.17, 15) is 5.11 Å². The lowest BCUT2D eigenvalue weighted by Gasteiger charge is -2.13. The largest absolute Gasteiger partial charge is 0.481 e. The van der Waals surface area contributed by atoms with Crippen molar-refractivity contribution in [3.8, 4) is 5.88 Å². The SMILES string of the molecule is CCC(CC)n1ccc(CC(O)c2cccc(OC)n2)n1. The van der Waals surface area contributed by atoms with Crippen LogP contribution in [0.2, 0.25) is 0 Å². The highest BCUT2D eigenvalue weighted by Crippen LogP contribution is 2.20. The highest BCUT2D eigenvalue weighted by Gasteiger charge is 2.14. The van der Waals surface area contributed by atoms with Crippen molar-refractivity contribution in [2.75, 3.05) is 7.11 Å². The Kier molecular flexibility index (Phi) is 5.33. The van der Waals surface area contributed by atoms with Gasteiger partial charge in [-0.2, -0.15) is 5.10 Å². The minimum absolute atomic E-state index is 0.422. The average molecular weight is 289 g/mol. The van der Waals surface area contributed by atoms with Gasteiger partial charge in [-0.3, -0.25) is 4.68 Å². The van der Waals surface area contributed by atoms with Crippen molar-refractivity contribution in [1.82, 2.24) is 14.8 Å². The number of methoxy groups -OCH3 is 1. The summed E-state index contributed by atoms with van der Waals surface area (Å²) in [5, 5.41) is 14.8. The van der Waals surface area contributed by atoms with E-state index in [1.807, 2.05) is 23.0 Å². The van der Waals surface area contributed by atoms with Gasteiger partial charge in [-0.25, -0.2) is 4.98 Å². The minimum atomic E-state index is -0.676. The van der Waals surface area contributed by atoms with Crippen molar-refractivity contribution < 1.29 is 9.84 Å². The number of hydrogen-bond acceptors (Lipinski definition) is 4. The van der Waals surface area contributed by atoms with Crippen molar-refractivity contribution >= 4 is 0 Å². The number of hydrogen-bond donors (Lipinski definition) is 1. The third-order valence-corrected chi connectivity index (χ3v) is 3.68. The molecule has 0 spiro atoms. The van der Waals surface area contributed by atoms with Gasteiger partial charge in [0.2, 0.25) is 5.88 Å². The zero-order valence-electron chi connectivity index (χ0n) is 12.9. The Bertz CT molecular complexity index is 564. The fourth-order valence-corrected chi connectivity index (χ4v) is 2.39. The van der Waals surface area contributed by atoms with E-state index in [-0.39, 0.29) is 0 Å². The van der Waals surface area contributed by atoms with E-state index in [4.69, 9.17) is 4.74 Å². The van der Waals surface area contributed by atoms with E-state index in [0.29, 0.717) is 24.0 Å². The second-order valence-corrected chi connectivity index (χ2v) is 5.08. The second kappa shape index (κ2) is 7.22. The van der Waals surface area contributed by atoms with Crippen LogP contribution in [-0.4, -0.2) is 27.0 Å². The van der Waals surface area contributed by atoms with Crippen LogP contribution in [0.3, 0.4) is 0 Å². The molecule has 0 aliphatic carbocycles. The number of aromatic nitrogens is 3. The molecule has 1 unspecified atom stereocenters. The Labute approximate surface area is 125 Å². The first-order valence-corrected chi connectivity index (χ1v) is 7.41. The third kappa shape index (κ3) is 3.82. The van der Waals surface area contributed by atoms with Crippen molar-refractivity contribution in [1.29, 1.82) is 0 Å². The van der Waals surface area contributed by atoms with Gasteiger partial charge in [-0.1, -0.05) is 19.9 Å². The zero-order chi connectivity index (χ0) is 15.2. The summed E-state index contributed by atoms with van der Waals surface area (Å²) in [5.41, 5.74) is 1.48. The molecule has 0 aromatic carbocycles. The van der Waals surface area contributed by atoms with Crippen LogP contribution in [0.15, 0.2) is 30.5 Å². The summed E-state index contributed by atoms with van der Waals surface area (Å²) in [7, 11) is 1.57. The molecule has 0 aliphatic rings. The molecule has 0 saturated carbocycles. The van der Waals surface area contributed by atoms with Gasteiger partial charge < -0.3 is 9.84 Å². The molecule has 0 aliphatic heterocycles. The van der Waals surface area contributed by atoms with Crippen molar-refractivity contribution in [2.24, 2.45) is 0 Å². The van der Waals surface area contributed by atoms with Gasteiger partial charge in [0.05, 0.1) is 24.5 Å². The molecule has 2 heterocycles. The molecular weight excluding hydrogens is 266 g/mol. The number of nitrogens with zero attached hydrogens (tertiary/aromatic N) is 3. The normalized spacial score (nSPS) is 12.6. The van der Waals surface area contributed by atoms with Gasteiger partial charge in [0.25, 0.3) is 0 Å². The van der Waals surface area contributed by atoms with Crippen LogP contribution in [-0.2, 0) is 6.42 Å². The summed E-state index contributed by atoms with van der Waals surface area (Å²) in [6, 6.07) is 7.77. The predicted molar refractivity (Wildman–Crippen MR) is 81.3 cm³/mol. The molecule has 0 fully saturated rings. The van der Waals surface area contributed by atoms with Crippen LogP contribution in [0.25, 0.3) is 0 Å². The topological polar surface area (TPSA) is 60.2 Å². The van der Waals surface area contributed by atoms with E-state index in [0.717, 1.165) is 18.5 Å². The van der Waals surface area contributed by atoms with E-state index in [2.05, 4.69) is 23.9 Å². The molecule has 1 atom stereocenters. The summed E-state index contributed by atoms with van der Waals surface area (Å²) in [5.74, 6) is 0.508. The second-order valence-electron chi connectivity index (χ2n) is 5.08. The first kappa shape index (κ1) is 15.5. The molecular formula is C16H23N3O2. The van der Waals surface area contributed by atoms with Gasteiger partial charge in [0.1, 0.15) is 6.10 Å². The number of pyridine rings is 1. The van der Waals surface area contributed by atoms with Crippen LogP contribution in [0, 0.1) is 0 Å². The fourth-order valence-electron chi connectivity index (χ4n) is 2.39. The standard InChI is InChI=1S/C16H23N3O2/c1-4-13(5-2)19-10-9-12(18-19)11-15(20)14-7-6-8-16(17-14)21-3/h6-10,13,15,20H,4-5,11H2,1-3H3. The lowest BCUT2D eigenvalue weighted by Crippen LogP contribution is -2.09. The molecule has 0 saturated heterocycles. The number of ether oxygens (including phenoxy) is 1. The predicted octanol–water partition coefficient (Wildman–Crippen LogP) is 2.92. The first-order valence-electron chi connectivity index (χ1n) is 7.41. The van der Waals surface area contributed by atoms with E-state index >= 15 is 0 Å².